The third kappa shape index (κ3) is 7.15. The summed E-state index contributed by atoms with van der Waals surface area (Å²) in [6.07, 6.45) is -0.426. The van der Waals surface area contributed by atoms with E-state index in [1.165, 1.54) is 17.0 Å². The number of thiazole rings is 1. The standard InChI is InChI=1S/C24H25F3N4O2S2.C2HF3O2/c1-14-2-7-20(25)18(19(14)11-31-16-3-4-17(31)6-5-16)10-28-15-8-21(26)24(22(27)9-15)35(32,33)30-23-12-34-13-29-23;3-2(4,5)1(6)7/h2,7-9,12-13,16-17,28,30H,3-6,10-11H2,1H3;(H,6,7). The Balaban J connectivity index is 0.000000517. The minimum absolute atomic E-state index is 0.00801. The number of anilines is 2. The van der Waals surface area contributed by atoms with Gasteiger partial charge in [-0.05, 0) is 61.9 Å². The van der Waals surface area contributed by atoms with Crippen molar-refractivity contribution in [1.82, 2.24) is 9.88 Å². The van der Waals surface area contributed by atoms with Crippen LogP contribution in [-0.2, 0) is 27.9 Å². The van der Waals surface area contributed by atoms with Gasteiger partial charge in [-0.25, -0.2) is 31.4 Å². The summed E-state index contributed by atoms with van der Waals surface area (Å²) in [6, 6.07) is 5.99. The van der Waals surface area contributed by atoms with Gasteiger partial charge in [-0.3, -0.25) is 9.62 Å². The fourth-order valence-corrected chi connectivity index (χ4v) is 6.89. The number of aromatic nitrogens is 1. The highest BCUT2D eigenvalue weighted by atomic mass is 32.2. The van der Waals surface area contributed by atoms with Crippen molar-refractivity contribution in [2.24, 2.45) is 0 Å². The summed E-state index contributed by atoms with van der Waals surface area (Å²) >= 11 is 1.14. The minimum atomic E-state index is -5.08. The molecule has 42 heavy (non-hydrogen) atoms. The molecule has 3 aromatic rings. The van der Waals surface area contributed by atoms with Crippen LogP contribution in [0.5, 0.6) is 0 Å². The molecule has 3 N–H and O–H groups in total. The van der Waals surface area contributed by atoms with Gasteiger partial charge in [0.25, 0.3) is 10.0 Å². The number of rotatable bonds is 8. The molecular weight excluding hydrogens is 610 g/mol. The van der Waals surface area contributed by atoms with Crippen LogP contribution in [0.2, 0.25) is 0 Å². The zero-order chi connectivity index (χ0) is 30.8. The first-order chi connectivity index (χ1) is 19.7. The Morgan fingerprint density at radius 2 is 1.62 bits per heavy atom. The molecule has 16 heteroatoms. The van der Waals surface area contributed by atoms with Crippen LogP contribution in [0.4, 0.5) is 37.8 Å². The van der Waals surface area contributed by atoms with Gasteiger partial charge in [0, 0.05) is 41.8 Å². The van der Waals surface area contributed by atoms with Gasteiger partial charge in [0.2, 0.25) is 0 Å². The van der Waals surface area contributed by atoms with Crippen molar-refractivity contribution in [3.8, 4) is 0 Å². The van der Waals surface area contributed by atoms with Crippen molar-refractivity contribution in [3.63, 3.8) is 0 Å². The van der Waals surface area contributed by atoms with Crippen LogP contribution in [-0.4, -0.2) is 47.6 Å². The number of benzene rings is 2. The molecule has 2 aromatic carbocycles. The molecule has 0 aliphatic carbocycles. The van der Waals surface area contributed by atoms with E-state index in [4.69, 9.17) is 9.90 Å². The first kappa shape index (κ1) is 31.6. The van der Waals surface area contributed by atoms with Crippen LogP contribution in [0.3, 0.4) is 0 Å². The Kier molecular flexibility index (Phi) is 9.37. The summed E-state index contributed by atoms with van der Waals surface area (Å²) in [5.41, 5.74) is 3.69. The fourth-order valence-electron chi connectivity index (χ4n) is 5.21. The Bertz CT molecular complexity index is 1510. The van der Waals surface area contributed by atoms with Gasteiger partial charge in [-0.2, -0.15) is 13.2 Å². The summed E-state index contributed by atoms with van der Waals surface area (Å²) in [5, 5.41) is 11.4. The number of hydrogen-bond acceptors (Lipinski definition) is 7. The number of carboxylic acids is 1. The number of hydrogen-bond donors (Lipinski definition) is 3. The van der Waals surface area contributed by atoms with Gasteiger partial charge in [0.15, 0.2) is 10.7 Å². The number of sulfonamides is 1. The number of aliphatic carboxylic acids is 1. The summed E-state index contributed by atoms with van der Waals surface area (Å²) in [5.74, 6) is -5.68. The monoisotopic (exact) mass is 636 g/mol. The number of fused-ring (bicyclic) bond motifs is 2. The molecule has 0 atom stereocenters. The Hall–Kier alpha value is -3.37. The van der Waals surface area contributed by atoms with Crippen LogP contribution >= 0.6 is 11.3 Å². The molecule has 3 heterocycles. The van der Waals surface area contributed by atoms with E-state index in [-0.39, 0.29) is 18.1 Å². The van der Waals surface area contributed by atoms with E-state index in [9.17, 15) is 34.8 Å². The van der Waals surface area contributed by atoms with E-state index in [0.29, 0.717) is 24.2 Å². The van der Waals surface area contributed by atoms with Crippen LogP contribution in [0.1, 0.15) is 42.4 Å². The van der Waals surface area contributed by atoms with Gasteiger partial charge < -0.3 is 10.4 Å². The highest BCUT2D eigenvalue weighted by Crippen LogP contribution is 2.39. The Morgan fingerprint density at radius 3 is 2.12 bits per heavy atom. The summed E-state index contributed by atoms with van der Waals surface area (Å²) in [7, 11) is -4.51. The van der Waals surface area contributed by atoms with Gasteiger partial charge in [-0.15, -0.1) is 11.3 Å². The van der Waals surface area contributed by atoms with E-state index in [2.05, 4.69) is 19.9 Å². The van der Waals surface area contributed by atoms with E-state index in [1.807, 2.05) is 6.92 Å². The van der Waals surface area contributed by atoms with E-state index in [0.717, 1.165) is 60.3 Å². The van der Waals surface area contributed by atoms with E-state index < -0.39 is 44.5 Å². The molecular formula is C26H26F6N4O4S2. The number of alkyl halides is 3. The molecule has 2 aliphatic heterocycles. The second-order valence-corrected chi connectivity index (χ2v) is 12.2. The topological polar surface area (TPSA) is 112 Å². The van der Waals surface area contributed by atoms with Crippen molar-refractivity contribution in [3.05, 3.63) is 69.3 Å². The minimum Gasteiger partial charge on any atom is -0.475 e. The quantitative estimate of drug-likeness (QED) is 0.259. The first-order valence-corrected chi connectivity index (χ1v) is 15.1. The normalized spacial score (nSPS) is 18.5. The van der Waals surface area contributed by atoms with Crippen molar-refractivity contribution >= 4 is 38.8 Å². The predicted molar refractivity (Wildman–Crippen MR) is 143 cm³/mol. The average Bonchev–Trinajstić information content (AvgIpc) is 3.63. The smallest absolute Gasteiger partial charge is 0.475 e. The lowest BCUT2D eigenvalue weighted by atomic mass is 10.00. The molecule has 0 radical (unpaired) electrons. The summed E-state index contributed by atoms with van der Waals surface area (Å²) in [6.45, 7) is 2.58. The summed E-state index contributed by atoms with van der Waals surface area (Å²) in [4.78, 5) is 14.0. The van der Waals surface area contributed by atoms with Crippen LogP contribution in [0.25, 0.3) is 0 Å². The van der Waals surface area contributed by atoms with Gasteiger partial charge in [0.1, 0.15) is 17.5 Å². The number of carboxylic acid groups (broad SMARTS) is 1. The molecule has 8 nitrogen and oxygen atoms in total. The molecule has 2 saturated heterocycles. The molecule has 0 amide bonds. The van der Waals surface area contributed by atoms with Gasteiger partial charge >= 0.3 is 12.1 Å². The number of aryl methyl sites for hydroxylation is 1. The second-order valence-electron chi connectivity index (χ2n) is 9.86. The second kappa shape index (κ2) is 12.5. The SMILES string of the molecule is Cc1ccc(F)c(CNc2cc(F)c(S(=O)(=O)Nc3cscn3)c(F)c2)c1CN1C2CCC1CC2.O=C(O)C(F)(F)F. The summed E-state index contributed by atoms with van der Waals surface area (Å²) < 4.78 is 103. The maximum absolute atomic E-state index is 14.9. The molecule has 2 bridgehead atoms. The highest BCUT2D eigenvalue weighted by Gasteiger charge is 2.40. The molecule has 2 aliphatic rings. The van der Waals surface area contributed by atoms with Crippen LogP contribution in [0, 0.1) is 24.4 Å². The van der Waals surface area contributed by atoms with Gasteiger partial charge in [0.05, 0.1) is 5.51 Å². The third-order valence-corrected chi connectivity index (χ3v) is 9.20. The van der Waals surface area contributed by atoms with Crippen molar-refractivity contribution < 1.29 is 44.7 Å². The molecule has 228 valence electrons. The number of nitrogens with one attached hydrogen (secondary N) is 2. The number of halogens is 6. The van der Waals surface area contributed by atoms with Crippen LogP contribution in [0.15, 0.2) is 40.1 Å². The molecule has 0 unspecified atom stereocenters. The van der Waals surface area contributed by atoms with Crippen molar-refractivity contribution in [2.75, 3.05) is 10.0 Å². The zero-order valence-corrected chi connectivity index (χ0v) is 23.6. The predicted octanol–water partition coefficient (Wildman–Crippen LogP) is 6.04. The molecule has 0 saturated carbocycles. The maximum atomic E-state index is 14.9. The largest absolute Gasteiger partial charge is 0.490 e. The Morgan fingerprint density at radius 1 is 1.05 bits per heavy atom. The Labute approximate surface area is 241 Å². The lowest BCUT2D eigenvalue weighted by molar-refractivity contribution is -0.192. The average molecular weight is 637 g/mol. The van der Waals surface area contributed by atoms with Crippen molar-refractivity contribution in [2.45, 2.75) is 68.9 Å². The third-order valence-electron chi connectivity index (χ3n) is 7.20. The van der Waals surface area contributed by atoms with Crippen LogP contribution < -0.4 is 10.0 Å². The number of carbonyl (C=O) groups is 1. The van der Waals surface area contributed by atoms with E-state index >= 15 is 0 Å². The van der Waals surface area contributed by atoms with E-state index in [1.54, 1.807) is 6.07 Å². The fraction of sp³-hybridized carbons (Fsp3) is 0.385. The molecule has 1 aromatic heterocycles. The lowest BCUT2D eigenvalue weighted by Crippen LogP contribution is -2.29. The van der Waals surface area contributed by atoms with Crippen molar-refractivity contribution in [1.29, 1.82) is 0 Å². The maximum Gasteiger partial charge on any atom is 0.490 e. The zero-order valence-electron chi connectivity index (χ0n) is 22.0. The highest BCUT2D eigenvalue weighted by molar-refractivity contribution is 7.92. The van der Waals surface area contributed by atoms with Gasteiger partial charge in [-0.1, -0.05) is 6.07 Å². The molecule has 5 rings (SSSR count). The first-order valence-electron chi connectivity index (χ1n) is 12.6. The lowest BCUT2D eigenvalue weighted by Gasteiger charge is -2.25. The number of nitrogens with zero attached hydrogens (tertiary/aromatic N) is 2. The molecule has 0 spiro atoms. The molecule has 2 fully saturated rings.